The first-order chi connectivity index (χ1) is 23.0. The number of carbonyl (C=O) groups excluding carboxylic acids is 1. The molecule has 2 aliphatic rings. The van der Waals surface area contributed by atoms with Gasteiger partial charge in [-0.2, -0.15) is 0 Å². The minimum Gasteiger partial charge on any atom is -0.492 e. The fraction of sp³-hybridized carbons (Fsp3) is 0.366. The summed E-state index contributed by atoms with van der Waals surface area (Å²) < 4.78 is 11.7. The summed E-state index contributed by atoms with van der Waals surface area (Å²) in [6.45, 7) is 12.2. The quantitative estimate of drug-likeness (QED) is 0.143. The highest BCUT2D eigenvalue weighted by atomic mass is 35.5. The first-order valence-corrected chi connectivity index (χ1v) is 16.9. The molecule has 2 unspecified atom stereocenters. The van der Waals surface area contributed by atoms with Crippen molar-refractivity contribution < 1.29 is 24.2 Å². The number of carboxylic acid groups (broad SMARTS) is 1. The van der Waals surface area contributed by atoms with Crippen LogP contribution in [0.5, 0.6) is 11.5 Å². The molecule has 1 saturated heterocycles. The lowest BCUT2D eigenvalue weighted by molar-refractivity contribution is -0.145. The zero-order chi connectivity index (χ0) is 33.8. The third-order valence-electron chi connectivity index (χ3n) is 9.61. The summed E-state index contributed by atoms with van der Waals surface area (Å²) in [5, 5.41) is 12.8. The number of carboxylic acids is 1. The van der Waals surface area contributed by atoms with Gasteiger partial charge in [-0.25, -0.2) is 4.79 Å². The number of nitrogens with zero attached hydrogens (tertiary/aromatic N) is 1. The molecule has 7 nitrogen and oxygen atoms in total. The normalized spacial score (nSPS) is 18.9. The van der Waals surface area contributed by atoms with Gasteiger partial charge in [0.15, 0.2) is 6.10 Å². The number of aliphatic carboxylic acids is 1. The molecule has 8 heteroatoms. The molecular formula is C41H47ClN2O5. The van der Waals surface area contributed by atoms with Crippen LogP contribution in [0.4, 0.5) is 0 Å². The van der Waals surface area contributed by atoms with Crippen molar-refractivity contribution in [1.29, 1.82) is 0 Å². The van der Waals surface area contributed by atoms with Crippen LogP contribution in [0.1, 0.15) is 64.9 Å². The largest absolute Gasteiger partial charge is 0.492 e. The summed E-state index contributed by atoms with van der Waals surface area (Å²) >= 11 is 0. The predicted molar refractivity (Wildman–Crippen MR) is 195 cm³/mol. The number of hydrogen-bond acceptors (Lipinski definition) is 5. The van der Waals surface area contributed by atoms with Gasteiger partial charge in [0.1, 0.15) is 18.1 Å². The van der Waals surface area contributed by atoms with E-state index in [1.807, 2.05) is 61.5 Å². The first kappa shape index (κ1) is 36.0. The molecule has 49 heavy (non-hydrogen) atoms. The number of likely N-dealkylation sites (tertiary alicyclic amines) is 1. The molecule has 4 atom stereocenters. The predicted octanol–water partition coefficient (Wildman–Crippen LogP) is 7.44. The summed E-state index contributed by atoms with van der Waals surface area (Å²) in [6.07, 6.45) is -0.790. The average molecular weight is 683 g/mol. The molecule has 2 fully saturated rings. The van der Waals surface area contributed by atoms with Crippen molar-refractivity contribution in [3.05, 3.63) is 130 Å². The summed E-state index contributed by atoms with van der Waals surface area (Å²) in [7, 11) is 0. The second-order valence-corrected chi connectivity index (χ2v) is 14.3. The Kier molecular flexibility index (Phi) is 11.4. The number of ether oxygens (including phenoxy) is 2. The molecule has 0 bridgehead atoms. The molecule has 2 N–H and O–H groups in total. The van der Waals surface area contributed by atoms with Gasteiger partial charge in [0.25, 0.3) is 5.91 Å². The fourth-order valence-corrected chi connectivity index (χ4v) is 6.94. The van der Waals surface area contributed by atoms with Crippen molar-refractivity contribution in [2.45, 2.75) is 58.1 Å². The minimum atomic E-state index is -1.02. The average Bonchev–Trinajstić information content (AvgIpc) is 3.56. The van der Waals surface area contributed by atoms with Crippen LogP contribution in [0.2, 0.25) is 0 Å². The highest BCUT2D eigenvalue weighted by molar-refractivity contribution is 5.96. The Morgan fingerprint density at radius 2 is 1.53 bits per heavy atom. The zero-order valence-electron chi connectivity index (χ0n) is 28.7. The Hall–Kier alpha value is -4.33. The molecule has 4 aromatic rings. The zero-order valence-corrected chi connectivity index (χ0v) is 29.5. The number of amides is 1. The molecule has 0 aromatic heterocycles. The van der Waals surface area contributed by atoms with E-state index in [9.17, 15) is 14.7 Å². The van der Waals surface area contributed by atoms with Crippen LogP contribution in [0.15, 0.2) is 97.1 Å². The van der Waals surface area contributed by atoms with Gasteiger partial charge in [-0.3, -0.25) is 9.69 Å². The van der Waals surface area contributed by atoms with E-state index in [-0.39, 0.29) is 30.2 Å². The number of benzene rings is 4. The van der Waals surface area contributed by atoms with E-state index in [0.717, 1.165) is 47.5 Å². The third-order valence-corrected chi connectivity index (χ3v) is 9.61. The maximum atomic E-state index is 13.3. The van der Waals surface area contributed by atoms with Crippen LogP contribution in [-0.4, -0.2) is 54.2 Å². The monoisotopic (exact) mass is 682 g/mol. The van der Waals surface area contributed by atoms with Crippen LogP contribution in [0.25, 0.3) is 0 Å². The van der Waals surface area contributed by atoms with Crippen LogP contribution in [-0.2, 0) is 23.2 Å². The van der Waals surface area contributed by atoms with Crippen LogP contribution < -0.4 is 14.8 Å². The molecule has 0 radical (unpaired) electrons. The summed E-state index contributed by atoms with van der Waals surface area (Å²) in [4.78, 5) is 27.8. The number of nitrogens with one attached hydrogen (secondary N) is 1. The maximum absolute atomic E-state index is 13.3. The van der Waals surface area contributed by atoms with Crippen molar-refractivity contribution in [2.75, 3.05) is 26.2 Å². The molecule has 0 spiro atoms. The molecule has 6 rings (SSSR count). The molecule has 1 amide bonds. The molecule has 1 heterocycles. The van der Waals surface area contributed by atoms with Crippen LogP contribution in [0, 0.1) is 18.8 Å². The number of piperidine rings is 1. The number of rotatable bonds is 13. The van der Waals surface area contributed by atoms with Gasteiger partial charge < -0.3 is 19.9 Å². The SMILES string of the molecule is Cc1ccc(C2C3CN(Cc4ccccc4)C[C@@H]32)c(C(=O)NCCOc2ccc(C[C@H](Oc3ccc(C(C)(C)C)cc3)C(=O)O)cc2)c1.Cl. The fourth-order valence-electron chi connectivity index (χ4n) is 6.94. The number of hydrogen-bond donors (Lipinski definition) is 2. The van der Waals surface area contributed by atoms with Gasteiger partial charge in [0.05, 0.1) is 6.54 Å². The summed E-state index contributed by atoms with van der Waals surface area (Å²) in [5.74, 6) is 1.75. The van der Waals surface area contributed by atoms with E-state index in [4.69, 9.17) is 9.47 Å². The lowest BCUT2D eigenvalue weighted by atomic mass is 9.87. The highest BCUT2D eigenvalue weighted by Gasteiger charge is 2.56. The lowest BCUT2D eigenvalue weighted by Crippen LogP contribution is -2.29. The Balaban J connectivity index is 0.00000468. The second kappa shape index (κ2) is 15.5. The van der Waals surface area contributed by atoms with E-state index >= 15 is 0 Å². The molecule has 1 aliphatic carbocycles. The van der Waals surface area contributed by atoms with Gasteiger partial charge in [-0.15, -0.1) is 12.4 Å². The van der Waals surface area contributed by atoms with Crippen molar-refractivity contribution in [1.82, 2.24) is 10.2 Å². The number of carbonyl (C=O) groups is 2. The third kappa shape index (κ3) is 9.02. The van der Waals surface area contributed by atoms with Gasteiger partial charge in [-0.1, -0.05) is 93.1 Å². The van der Waals surface area contributed by atoms with E-state index < -0.39 is 12.1 Å². The number of aryl methyl sites for hydroxylation is 1. The maximum Gasteiger partial charge on any atom is 0.345 e. The molecular weight excluding hydrogens is 636 g/mol. The van der Waals surface area contributed by atoms with Crippen molar-refractivity contribution in [2.24, 2.45) is 11.8 Å². The Labute approximate surface area is 296 Å². The number of fused-ring (bicyclic) bond motifs is 1. The van der Waals surface area contributed by atoms with E-state index in [0.29, 0.717) is 42.4 Å². The molecule has 1 saturated carbocycles. The Morgan fingerprint density at radius 1 is 0.878 bits per heavy atom. The molecule has 258 valence electrons. The van der Waals surface area contributed by atoms with Crippen LogP contribution in [0.3, 0.4) is 0 Å². The molecule has 4 aromatic carbocycles. The Bertz CT molecular complexity index is 1710. The minimum absolute atomic E-state index is 0. The topological polar surface area (TPSA) is 88.1 Å². The highest BCUT2D eigenvalue weighted by Crippen LogP contribution is 2.59. The smallest absolute Gasteiger partial charge is 0.345 e. The second-order valence-electron chi connectivity index (χ2n) is 14.3. The standard InChI is InChI=1S/C41H46N2O5.ClH/c1-27-10-19-33(38-35-25-43(26-36(35)38)24-29-8-6-5-7-9-29)34(22-27)39(44)42-20-21-47-31-15-11-28(12-16-31)23-37(40(45)46)48-32-17-13-30(14-18-32)41(2,3)4;/h5-19,22,35-38H,20-21,23-26H2,1-4H3,(H,42,44)(H,45,46);1H/t35-,36?,37-,38?;/m0./s1. The number of halogens is 1. The lowest BCUT2D eigenvalue weighted by Gasteiger charge is -2.20. The van der Waals surface area contributed by atoms with E-state index in [2.05, 4.69) is 73.5 Å². The first-order valence-electron chi connectivity index (χ1n) is 16.9. The van der Waals surface area contributed by atoms with E-state index in [1.54, 1.807) is 0 Å². The molecule has 1 aliphatic heterocycles. The summed E-state index contributed by atoms with van der Waals surface area (Å²) in [5.41, 5.74) is 6.35. The van der Waals surface area contributed by atoms with Gasteiger partial charge in [-0.05, 0) is 82.7 Å². The Morgan fingerprint density at radius 3 is 2.16 bits per heavy atom. The van der Waals surface area contributed by atoms with Crippen molar-refractivity contribution >= 4 is 24.3 Å². The summed E-state index contributed by atoms with van der Waals surface area (Å²) in [6, 6.07) is 31.8. The van der Waals surface area contributed by atoms with Gasteiger partial charge in [0, 0.05) is 31.6 Å². The van der Waals surface area contributed by atoms with Gasteiger partial charge >= 0.3 is 5.97 Å². The van der Waals surface area contributed by atoms with Crippen LogP contribution >= 0.6 is 12.4 Å². The van der Waals surface area contributed by atoms with Crippen molar-refractivity contribution in [3.8, 4) is 11.5 Å². The van der Waals surface area contributed by atoms with Gasteiger partial charge in [0.2, 0.25) is 0 Å². The van der Waals surface area contributed by atoms with Crippen molar-refractivity contribution in [3.63, 3.8) is 0 Å². The van der Waals surface area contributed by atoms with E-state index in [1.165, 1.54) is 5.56 Å².